The third-order valence-electron chi connectivity index (χ3n) is 2.77. The average Bonchev–Trinajstić information content (AvgIpc) is 3.23. The van der Waals surface area contributed by atoms with E-state index in [4.69, 9.17) is 5.11 Å². The molecule has 0 atom stereocenters. The summed E-state index contributed by atoms with van der Waals surface area (Å²) in [6, 6.07) is 7.20. The second kappa shape index (κ2) is 4.64. The number of rotatable bonds is 4. The number of carbonyl (C=O) groups is 1. The van der Waals surface area contributed by atoms with E-state index in [9.17, 15) is 4.79 Å². The van der Waals surface area contributed by atoms with E-state index in [0.717, 1.165) is 12.8 Å². The smallest absolute Gasteiger partial charge is 0.354 e. The van der Waals surface area contributed by atoms with Crippen molar-refractivity contribution in [2.45, 2.75) is 18.9 Å². The van der Waals surface area contributed by atoms with Gasteiger partial charge in [-0.1, -0.05) is 6.07 Å². The zero-order valence-electron chi connectivity index (χ0n) is 10.1. The summed E-state index contributed by atoms with van der Waals surface area (Å²) in [6.07, 6.45) is 3.80. The molecule has 0 unspecified atom stereocenters. The summed E-state index contributed by atoms with van der Waals surface area (Å²) < 4.78 is 0. The van der Waals surface area contributed by atoms with Gasteiger partial charge < -0.3 is 10.4 Å². The topological polar surface area (TPSA) is 88.0 Å². The van der Waals surface area contributed by atoms with Gasteiger partial charge in [0, 0.05) is 18.3 Å². The Morgan fingerprint density at radius 1 is 1.32 bits per heavy atom. The van der Waals surface area contributed by atoms with E-state index in [2.05, 4.69) is 20.3 Å². The largest absolute Gasteiger partial charge is 0.477 e. The molecular weight excluding hydrogens is 244 g/mol. The van der Waals surface area contributed by atoms with Gasteiger partial charge in [0.25, 0.3) is 0 Å². The molecule has 19 heavy (non-hydrogen) atoms. The van der Waals surface area contributed by atoms with Crippen LogP contribution in [0.25, 0.3) is 11.5 Å². The summed E-state index contributed by atoms with van der Waals surface area (Å²) in [5.74, 6) is -0.211. The molecule has 0 spiro atoms. The molecule has 0 radical (unpaired) electrons. The molecule has 1 aliphatic rings. The van der Waals surface area contributed by atoms with Crippen molar-refractivity contribution in [2.24, 2.45) is 0 Å². The number of anilines is 1. The highest BCUT2D eigenvalue weighted by Gasteiger charge is 2.22. The van der Waals surface area contributed by atoms with Crippen LogP contribution in [0.3, 0.4) is 0 Å². The first kappa shape index (κ1) is 11.6. The molecule has 0 aliphatic heterocycles. The summed E-state index contributed by atoms with van der Waals surface area (Å²) in [7, 11) is 0. The fourth-order valence-electron chi connectivity index (χ4n) is 1.68. The van der Waals surface area contributed by atoms with Crippen LogP contribution in [0.2, 0.25) is 0 Å². The molecule has 0 bridgehead atoms. The van der Waals surface area contributed by atoms with Gasteiger partial charge in [0.1, 0.15) is 11.5 Å². The van der Waals surface area contributed by atoms with Crippen LogP contribution in [0.1, 0.15) is 23.3 Å². The van der Waals surface area contributed by atoms with Crippen molar-refractivity contribution in [1.29, 1.82) is 0 Å². The molecule has 2 aromatic rings. The first-order valence-electron chi connectivity index (χ1n) is 6.03. The van der Waals surface area contributed by atoms with Crippen molar-refractivity contribution in [1.82, 2.24) is 15.0 Å². The van der Waals surface area contributed by atoms with Crippen LogP contribution in [-0.4, -0.2) is 32.1 Å². The molecule has 1 saturated carbocycles. The molecule has 2 N–H and O–H groups in total. The van der Waals surface area contributed by atoms with Gasteiger partial charge in [-0.15, -0.1) is 0 Å². The van der Waals surface area contributed by atoms with Crippen molar-refractivity contribution in [3.63, 3.8) is 0 Å². The lowest BCUT2D eigenvalue weighted by Gasteiger charge is -2.07. The molecule has 0 aromatic carbocycles. The summed E-state index contributed by atoms with van der Waals surface area (Å²) in [5, 5.41) is 12.3. The zero-order valence-corrected chi connectivity index (χ0v) is 10.1. The standard InChI is InChI=1S/C13H12N4O2/c18-13(19)10-7-11(15-8-4-5-8)17-12(16-10)9-3-1-2-6-14-9/h1-3,6-8H,4-5H2,(H,18,19)(H,15,16,17). The lowest BCUT2D eigenvalue weighted by atomic mass is 10.3. The molecule has 1 fully saturated rings. The van der Waals surface area contributed by atoms with Crippen LogP contribution < -0.4 is 5.32 Å². The number of nitrogens with one attached hydrogen (secondary N) is 1. The highest BCUT2D eigenvalue weighted by Crippen LogP contribution is 2.25. The Bertz CT molecular complexity index is 611. The molecule has 0 saturated heterocycles. The monoisotopic (exact) mass is 256 g/mol. The number of hydrogen-bond donors (Lipinski definition) is 2. The van der Waals surface area contributed by atoms with E-state index < -0.39 is 5.97 Å². The highest BCUT2D eigenvalue weighted by molar-refractivity contribution is 5.86. The van der Waals surface area contributed by atoms with Gasteiger partial charge in [0.2, 0.25) is 0 Å². The number of nitrogens with zero attached hydrogens (tertiary/aromatic N) is 3. The van der Waals surface area contributed by atoms with Gasteiger partial charge in [-0.25, -0.2) is 14.8 Å². The van der Waals surface area contributed by atoms with E-state index in [0.29, 0.717) is 23.4 Å². The summed E-state index contributed by atoms with van der Waals surface area (Å²) in [5.41, 5.74) is 0.531. The molecule has 3 rings (SSSR count). The fraction of sp³-hybridized carbons (Fsp3) is 0.231. The molecule has 6 nitrogen and oxygen atoms in total. The van der Waals surface area contributed by atoms with E-state index in [1.807, 2.05) is 6.07 Å². The maximum Gasteiger partial charge on any atom is 0.354 e. The number of aromatic carboxylic acids is 1. The van der Waals surface area contributed by atoms with Crippen LogP contribution in [0.4, 0.5) is 5.82 Å². The first-order chi connectivity index (χ1) is 9.22. The Morgan fingerprint density at radius 3 is 2.79 bits per heavy atom. The first-order valence-corrected chi connectivity index (χ1v) is 6.03. The van der Waals surface area contributed by atoms with Crippen molar-refractivity contribution < 1.29 is 9.90 Å². The third-order valence-corrected chi connectivity index (χ3v) is 2.77. The molecule has 2 aromatic heterocycles. The molecule has 6 heteroatoms. The van der Waals surface area contributed by atoms with Crippen molar-refractivity contribution in [2.75, 3.05) is 5.32 Å². The fourth-order valence-corrected chi connectivity index (χ4v) is 1.68. The Morgan fingerprint density at radius 2 is 2.16 bits per heavy atom. The zero-order chi connectivity index (χ0) is 13.2. The number of carboxylic acid groups (broad SMARTS) is 1. The van der Waals surface area contributed by atoms with Gasteiger partial charge in [-0.05, 0) is 25.0 Å². The molecule has 0 amide bonds. The number of carboxylic acids is 1. The van der Waals surface area contributed by atoms with Gasteiger partial charge in [0.15, 0.2) is 11.5 Å². The van der Waals surface area contributed by atoms with E-state index >= 15 is 0 Å². The number of pyridine rings is 1. The van der Waals surface area contributed by atoms with Crippen LogP contribution in [0.15, 0.2) is 30.5 Å². The highest BCUT2D eigenvalue weighted by atomic mass is 16.4. The Hall–Kier alpha value is -2.50. The third kappa shape index (κ3) is 2.67. The van der Waals surface area contributed by atoms with E-state index in [1.54, 1.807) is 18.3 Å². The number of hydrogen-bond acceptors (Lipinski definition) is 5. The van der Waals surface area contributed by atoms with Gasteiger partial charge >= 0.3 is 5.97 Å². The second-order valence-electron chi connectivity index (χ2n) is 4.40. The van der Waals surface area contributed by atoms with E-state index in [-0.39, 0.29) is 5.69 Å². The molecule has 96 valence electrons. The minimum Gasteiger partial charge on any atom is -0.477 e. The average molecular weight is 256 g/mol. The minimum atomic E-state index is -1.07. The summed E-state index contributed by atoms with van der Waals surface area (Å²) in [4.78, 5) is 23.6. The number of aromatic nitrogens is 3. The van der Waals surface area contributed by atoms with Crippen molar-refractivity contribution in [3.8, 4) is 11.5 Å². The van der Waals surface area contributed by atoms with Crippen LogP contribution in [-0.2, 0) is 0 Å². The van der Waals surface area contributed by atoms with Crippen LogP contribution in [0, 0.1) is 0 Å². The van der Waals surface area contributed by atoms with Gasteiger partial charge in [-0.3, -0.25) is 4.98 Å². The predicted molar refractivity (Wildman–Crippen MR) is 68.9 cm³/mol. The maximum atomic E-state index is 11.1. The normalized spacial score (nSPS) is 14.1. The predicted octanol–water partition coefficient (Wildman–Crippen LogP) is 1.81. The SMILES string of the molecule is O=C(O)c1cc(NC2CC2)nc(-c2ccccn2)n1. The molecule has 1 aliphatic carbocycles. The van der Waals surface area contributed by atoms with Crippen LogP contribution in [0.5, 0.6) is 0 Å². The van der Waals surface area contributed by atoms with Crippen molar-refractivity contribution in [3.05, 3.63) is 36.2 Å². The van der Waals surface area contributed by atoms with E-state index in [1.165, 1.54) is 6.07 Å². The minimum absolute atomic E-state index is 0.0289. The Labute approximate surface area is 109 Å². The van der Waals surface area contributed by atoms with Gasteiger partial charge in [0.05, 0.1) is 0 Å². The lowest BCUT2D eigenvalue weighted by Crippen LogP contribution is -2.09. The Kier molecular flexibility index (Phi) is 2.83. The van der Waals surface area contributed by atoms with Gasteiger partial charge in [-0.2, -0.15) is 0 Å². The summed E-state index contributed by atoms with van der Waals surface area (Å²) in [6.45, 7) is 0. The maximum absolute atomic E-state index is 11.1. The van der Waals surface area contributed by atoms with Crippen LogP contribution >= 0.6 is 0 Å². The lowest BCUT2D eigenvalue weighted by molar-refractivity contribution is 0.0690. The van der Waals surface area contributed by atoms with Crippen molar-refractivity contribution >= 4 is 11.8 Å². The summed E-state index contributed by atoms with van der Waals surface area (Å²) >= 11 is 0. The molecule has 2 heterocycles. The second-order valence-corrected chi connectivity index (χ2v) is 4.40. The Balaban J connectivity index is 2.02. The molecular formula is C13H12N4O2. The quantitative estimate of drug-likeness (QED) is 0.867.